The minimum atomic E-state index is -0.360. The molecule has 3 heterocycles. The molecule has 1 amide bonds. The fraction of sp³-hybridized carbons (Fsp3) is 0.217. The number of amides is 1. The van der Waals surface area contributed by atoms with Crippen LogP contribution in [0.2, 0.25) is 0 Å². The number of hydrogen-bond donors (Lipinski definition) is 1. The van der Waals surface area contributed by atoms with Gasteiger partial charge in [0.05, 0.1) is 29.3 Å². The number of hydrogen-bond acceptors (Lipinski definition) is 5. The Morgan fingerprint density at radius 1 is 1.27 bits per heavy atom. The van der Waals surface area contributed by atoms with Gasteiger partial charge < -0.3 is 10.1 Å². The standard InChI is InChI=1S/C23H21FN4O2/c1-14-12-26-15(2)22(28-14)18-7-8-20(24)19-11-17(30-23(18)19)13-27-21(29)9-6-16-5-3-4-10-25-16/h3-10,12,17H,11,13H2,1-2H3,(H,27,29). The van der Waals surface area contributed by atoms with E-state index in [1.807, 2.05) is 26.0 Å². The fourth-order valence-electron chi connectivity index (χ4n) is 3.37. The second kappa shape index (κ2) is 8.41. The summed E-state index contributed by atoms with van der Waals surface area (Å²) in [6.07, 6.45) is 6.42. The van der Waals surface area contributed by atoms with Crippen LogP contribution >= 0.6 is 0 Å². The maximum atomic E-state index is 14.4. The van der Waals surface area contributed by atoms with Gasteiger partial charge in [0.15, 0.2) is 0 Å². The Balaban J connectivity index is 1.47. The van der Waals surface area contributed by atoms with Gasteiger partial charge in [-0.15, -0.1) is 0 Å². The third kappa shape index (κ3) is 4.20. The Morgan fingerprint density at radius 2 is 2.13 bits per heavy atom. The van der Waals surface area contributed by atoms with Crippen LogP contribution in [0.15, 0.2) is 48.8 Å². The monoisotopic (exact) mass is 404 g/mol. The molecule has 1 N–H and O–H groups in total. The number of nitrogens with zero attached hydrogens (tertiary/aromatic N) is 3. The normalized spacial score (nSPS) is 15.1. The van der Waals surface area contributed by atoms with Gasteiger partial charge in [0.1, 0.15) is 17.7 Å². The lowest BCUT2D eigenvalue weighted by Crippen LogP contribution is -2.33. The average Bonchev–Trinajstić information content (AvgIpc) is 3.19. The number of pyridine rings is 1. The molecule has 30 heavy (non-hydrogen) atoms. The maximum absolute atomic E-state index is 14.4. The SMILES string of the molecule is Cc1cnc(C)c(-c2ccc(F)c3c2OC(CNC(=O)C=Cc2ccccn2)C3)n1. The summed E-state index contributed by atoms with van der Waals surface area (Å²) in [5.74, 6) is -0.113. The summed E-state index contributed by atoms with van der Waals surface area (Å²) in [5, 5.41) is 2.80. The third-order valence-electron chi connectivity index (χ3n) is 4.85. The first-order chi connectivity index (χ1) is 14.5. The van der Waals surface area contributed by atoms with Crippen molar-refractivity contribution in [3.05, 3.63) is 77.3 Å². The van der Waals surface area contributed by atoms with Crippen LogP contribution in [0.25, 0.3) is 17.3 Å². The maximum Gasteiger partial charge on any atom is 0.244 e. The van der Waals surface area contributed by atoms with Crippen LogP contribution in [0.1, 0.15) is 22.6 Å². The summed E-state index contributed by atoms with van der Waals surface area (Å²) in [6.45, 7) is 3.98. The number of benzene rings is 1. The molecule has 7 heteroatoms. The van der Waals surface area contributed by atoms with Crippen LogP contribution in [-0.4, -0.2) is 33.5 Å². The lowest BCUT2D eigenvalue weighted by atomic mass is 10.0. The van der Waals surface area contributed by atoms with Crippen molar-refractivity contribution in [1.82, 2.24) is 20.3 Å². The molecule has 0 radical (unpaired) electrons. The Bertz CT molecular complexity index is 1120. The van der Waals surface area contributed by atoms with Gasteiger partial charge in [-0.2, -0.15) is 0 Å². The lowest BCUT2D eigenvalue weighted by molar-refractivity contribution is -0.116. The highest BCUT2D eigenvalue weighted by Gasteiger charge is 2.30. The number of ether oxygens (including phenoxy) is 1. The summed E-state index contributed by atoms with van der Waals surface area (Å²) in [7, 11) is 0. The predicted molar refractivity (Wildman–Crippen MR) is 111 cm³/mol. The molecule has 1 aliphatic rings. The van der Waals surface area contributed by atoms with Gasteiger partial charge >= 0.3 is 0 Å². The van der Waals surface area contributed by atoms with Crippen LogP contribution < -0.4 is 10.1 Å². The van der Waals surface area contributed by atoms with Crippen LogP contribution in [0.4, 0.5) is 4.39 Å². The van der Waals surface area contributed by atoms with Gasteiger partial charge in [-0.1, -0.05) is 6.07 Å². The van der Waals surface area contributed by atoms with E-state index in [2.05, 4.69) is 20.3 Å². The van der Waals surface area contributed by atoms with Crippen molar-refractivity contribution in [2.24, 2.45) is 0 Å². The molecule has 1 atom stereocenters. The zero-order chi connectivity index (χ0) is 21.1. The Kier molecular flexibility index (Phi) is 5.52. The smallest absolute Gasteiger partial charge is 0.244 e. The van der Waals surface area contributed by atoms with Crippen molar-refractivity contribution < 1.29 is 13.9 Å². The molecule has 0 bridgehead atoms. The molecule has 3 aromatic rings. The molecule has 152 valence electrons. The minimum absolute atomic E-state index is 0.261. The largest absolute Gasteiger partial charge is 0.487 e. The average molecular weight is 404 g/mol. The Hall–Kier alpha value is -3.61. The number of halogens is 1. The molecule has 0 aliphatic carbocycles. The van der Waals surface area contributed by atoms with Crippen molar-refractivity contribution >= 4 is 12.0 Å². The topological polar surface area (TPSA) is 77.0 Å². The first-order valence-corrected chi connectivity index (χ1v) is 9.67. The molecule has 0 spiro atoms. The van der Waals surface area contributed by atoms with Gasteiger partial charge in [0.2, 0.25) is 5.91 Å². The number of aryl methyl sites for hydroxylation is 2. The summed E-state index contributed by atoms with van der Waals surface area (Å²) in [6, 6.07) is 8.56. The van der Waals surface area contributed by atoms with Crippen molar-refractivity contribution in [2.45, 2.75) is 26.4 Å². The molecule has 0 fully saturated rings. The number of rotatable bonds is 5. The van der Waals surface area contributed by atoms with E-state index in [9.17, 15) is 9.18 Å². The van der Waals surface area contributed by atoms with Gasteiger partial charge in [-0.25, -0.2) is 9.37 Å². The zero-order valence-corrected chi connectivity index (χ0v) is 16.7. The highest BCUT2D eigenvalue weighted by atomic mass is 19.1. The van der Waals surface area contributed by atoms with E-state index >= 15 is 0 Å². The van der Waals surface area contributed by atoms with Gasteiger partial charge in [-0.05, 0) is 44.2 Å². The molecule has 1 aliphatic heterocycles. The quantitative estimate of drug-likeness (QED) is 0.660. The molecule has 0 saturated carbocycles. The number of carbonyl (C=O) groups is 1. The first-order valence-electron chi connectivity index (χ1n) is 9.67. The van der Waals surface area contributed by atoms with E-state index < -0.39 is 0 Å². The third-order valence-corrected chi connectivity index (χ3v) is 4.85. The van der Waals surface area contributed by atoms with E-state index in [4.69, 9.17) is 4.74 Å². The molecule has 2 aromatic heterocycles. The number of fused-ring (bicyclic) bond motifs is 1. The van der Waals surface area contributed by atoms with Crippen molar-refractivity contribution in [1.29, 1.82) is 0 Å². The highest BCUT2D eigenvalue weighted by molar-refractivity contribution is 5.91. The van der Waals surface area contributed by atoms with Gasteiger partial charge in [-0.3, -0.25) is 14.8 Å². The van der Waals surface area contributed by atoms with Crippen LogP contribution in [0, 0.1) is 19.7 Å². The summed E-state index contributed by atoms with van der Waals surface area (Å²) < 4.78 is 20.4. The lowest BCUT2D eigenvalue weighted by Gasteiger charge is -2.13. The van der Waals surface area contributed by atoms with Crippen LogP contribution in [-0.2, 0) is 11.2 Å². The van der Waals surface area contributed by atoms with E-state index in [-0.39, 0.29) is 24.4 Å². The first kappa shape index (κ1) is 19.7. The number of nitrogens with one attached hydrogen (secondary N) is 1. The fourth-order valence-corrected chi connectivity index (χ4v) is 3.37. The molecule has 1 aromatic carbocycles. The predicted octanol–water partition coefficient (Wildman–Crippen LogP) is 3.43. The van der Waals surface area contributed by atoms with E-state index in [0.29, 0.717) is 34.7 Å². The van der Waals surface area contributed by atoms with E-state index in [1.54, 1.807) is 30.6 Å². The van der Waals surface area contributed by atoms with E-state index in [1.165, 1.54) is 12.1 Å². The molecule has 4 rings (SSSR count). The molecular formula is C23H21FN4O2. The second-order valence-corrected chi connectivity index (χ2v) is 7.13. The van der Waals surface area contributed by atoms with Crippen molar-refractivity contribution in [2.75, 3.05) is 6.54 Å². The number of aromatic nitrogens is 3. The van der Waals surface area contributed by atoms with Crippen molar-refractivity contribution in [3.8, 4) is 17.0 Å². The minimum Gasteiger partial charge on any atom is -0.487 e. The Morgan fingerprint density at radius 3 is 2.93 bits per heavy atom. The molecular weight excluding hydrogens is 383 g/mol. The second-order valence-electron chi connectivity index (χ2n) is 7.13. The van der Waals surface area contributed by atoms with Gasteiger partial charge in [0.25, 0.3) is 0 Å². The summed E-state index contributed by atoms with van der Waals surface area (Å²) in [4.78, 5) is 25.1. The van der Waals surface area contributed by atoms with Gasteiger partial charge in [0, 0.05) is 36.0 Å². The number of carbonyl (C=O) groups excluding carboxylic acids is 1. The van der Waals surface area contributed by atoms with Crippen LogP contribution in [0.5, 0.6) is 5.75 Å². The zero-order valence-electron chi connectivity index (χ0n) is 16.7. The highest BCUT2D eigenvalue weighted by Crippen LogP contribution is 2.40. The van der Waals surface area contributed by atoms with E-state index in [0.717, 1.165) is 11.4 Å². The van der Waals surface area contributed by atoms with Crippen LogP contribution in [0.3, 0.4) is 0 Å². The molecule has 6 nitrogen and oxygen atoms in total. The summed E-state index contributed by atoms with van der Waals surface area (Å²) in [5.41, 5.74) is 4.10. The van der Waals surface area contributed by atoms with Crippen molar-refractivity contribution in [3.63, 3.8) is 0 Å². The molecule has 1 unspecified atom stereocenters. The molecule has 0 saturated heterocycles. The summed E-state index contributed by atoms with van der Waals surface area (Å²) >= 11 is 0. The Labute approximate surface area is 173 Å².